The Labute approximate surface area is 109 Å². The number of pyridine rings is 1. The molecule has 0 saturated heterocycles. The standard InChI is InChI=1S/C13H21ClN2O/c1-10(2)12(7-8-14)15-9-11-5-4-6-13(16-11)17-3/h4-6,10,12,15H,7-9H2,1-3H3. The van der Waals surface area contributed by atoms with Crippen molar-refractivity contribution >= 4 is 11.6 Å². The van der Waals surface area contributed by atoms with E-state index in [0.29, 0.717) is 23.7 Å². The summed E-state index contributed by atoms with van der Waals surface area (Å²) in [6.07, 6.45) is 0.975. The third-order valence-electron chi connectivity index (χ3n) is 2.76. The lowest BCUT2D eigenvalue weighted by atomic mass is 10.0. The number of halogens is 1. The molecular formula is C13H21ClN2O. The van der Waals surface area contributed by atoms with Crippen LogP contribution in [0.1, 0.15) is 26.0 Å². The number of hydrogen-bond acceptors (Lipinski definition) is 3. The predicted octanol–water partition coefficient (Wildman–Crippen LogP) is 2.83. The minimum atomic E-state index is 0.431. The molecule has 3 nitrogen and oxygen atoms in total. The lowest BCUT2D eigenvalue weighted by Crippen LogP contribution is -2.34. The maximum absolute atomic E-state index is 5.79. The van der Waals surface area contributed by atoms with Gasteiger partial charge >= 0.3 is 0 Å². The fourth-order valence-corrected chi connectivity index (χ4v) is 1.93. The molecule has 1 N–H and O–H groups in total. The van der Waals surface area contributed by atoms with Crippen LogP contribution in [0.25, 0.3) is 0 Å². The molecule has 0 fully saturated rings. The second kappa shape index (κ2) is 7.51. The van der Waals surface area contributed by atoms with Crippen molar-refractivity contribution in [2.24, 2.45) is 5.92 Å². The smallest absolute Gasteiger partial charge is 0.213 e. The third kappa shape index (κ3) is 4.92. The topological polar surface area (TPSA) is 34.1 Å². The average Bonchev–Trinajstić information content (AvgIpc) is 2.34. The third-order valence-corrected chi connectivity index (χ3v) is 2.98. The van der Waals surface area contributed by atoms with Crippen LogP contribution in [-0.4, -0.2) is 24.0 Å². The van der Waals surface area contributed by atoms with E-state index in [0.717, 1.165) is 18.7 Å². The van der Waals surface area contributed by atoms with Gasteiger partial charge in [0.1, 0.15) is 0 Å². The molecule has 0 bridgehead atoms. The largest absolute Gasteiger partial charge is 0.481 e. The van der Waals surface area contributed by atoms with Gasteiger partial charge in [-0.15, -0.1) is 11.6 Å². The molecule has 0 saturated carbocycles. The van der Waals surface area contributed by atoms with Crippen molar-refractivity contribution in [3.63, 3.8) is 0 Å². The number of rotatable bonds is 7. The minimum Gasteiger partial charge on any atom is -0.481 e. The van der Waals surface area contributed by atoms with E-state index in [-0.39, 0.29) is 0 Å². The van der Waals surface area contributed by atoms with Crippen LogP contribution >= 0.6 is 11.6 Å². The van der Waals surface area contributed by atoms with E-state index in [1.54, 1.807) is 7.11 Å². The van der Waals surface area contributed by atoms with Gasteiger partial charge in [0, 0.05) is 24.5 Å². The van der Waals surface area contributed by atoms with E-state index in [4.69, 9.17) is 16.3 Å². The van der Waals surface area contributed by atoms with Gasteiger partial charge in [0.05, 0.1) is 12.8 Å². The zero-order chi connectivity index (χ0) is 12.7. The Balaban J connectivity index is 2.52. The van der Waals surface area contributed by atoms with Crippen molar-refractivity contribution in [3.05, 3.63) is 23.9 Å². The summed E-state index contributed by atoms with van der Waals surface area (Å²) in [6, 6.07) is 6.23. The number of ether oxygens (including phenoxy) is 1. The molecule has 0 aromatic carbocycles. The molecule has 0 amide bonds. The molecule has 1 heterocycles. The van der Waals surface area contributed by atoms with Crippen molar-refractivity contribution in [2.75, 3.05) is 13.0 Å². The highest BCUT2D eigenvalue weighted by Crippen LogP contribution is 2.10. The Morgan fingerprint density at radius 3 is 2.76 bits per heavy atom. The van der Waals surface area contributed by atoms with Crippen molar-refractivity contribution in [1.82, 2.24) is 10.3 Å². The van der Waals surface area contributed by atoms with Crippen molar-refractivity contribution < 1.29 is 4.74 Å². The molecule has 1 aromatic rings. The summed E-state index contributed by atoms with van der Waals surface area (Å²) in [5.74, 6) is 1.91. The van der Waals surface area contributed by atoms with Crippen LogP contribution in [0.2, 0.25) is 0 Å². The van der Waals surface area contributed by atoms with Gasteiger partial charge in [-0.2, -0.15) is 0 Å². The van der Waals surface area contributed by atoms with Crippen LogP contribution in [0, 0.1) is 5.92 Å². The highest BCUT2D eigenvalue weighted by atomic mass is 35.5. The van der Waals surface area contributed by atoms with Gasteiger partial charge in [0.15, 0.2) is 0 Å². The lowest BCUT2D eigenvalue weighted by Gasteiger charge is -2.21. The zero-order valence-electron chi connectivity index (χ0n) is 10.7. The molecule has 1 aromatic heterocycles. The van der Waals surface area contributed by atoms with Crippen LogP contribution in [0.4, 0.5) is 0 Å². The van der Waals surface area contributed by atoms with E-state index in [1.807, 2.05) is 18.2 Å². The Kier molecular flexibility index (Phi) is 6.30. The Morgan fingerprint density at radius 1 is 1.41 bits per heavy atom. The molecule has 1 rings (SSSR count). The first-order chi connectivity index (χ1) is 8.17. The molecule has 0 aliphatic rings. The van der Waals surface area contributed by atoms with Crippen molar-refractivity contribution in [1.29, 1.82) is 0 Å². The van der Waals surface area contributed by atoms with Crippen LogP contribution < -0.4 is 10.1 Å². The molecule has 0 aliphatic carbocycles. The second-order valence-electron chi connectivity index (χ2n) is 4.38. The fourth-order valence-electron chi connectivity index (χ4n) is 1.69. The van der Waals surface area contributed by atoms with Gasteiger partial charge in [0.2, 0.25) is 5.88 Å². The number of hydrogen-bond donors (Lipinski definition) is 1. The van der Waals surface area contributed by atoms with Gasteiger partial charge in [-0.05, 0) is 18.4 Å². The Bertz CT molecular complexity index is 331. The molecule has 0 spiro atoms. The van der Waals surface area contributed by atoms with E-state index in [2.05, 4.69) is 24.1 Å². The van der Waals surface area contributed by atoms with Crippen LogP contribution in [-0.2, 0) is 6.54 Å². The summed E-state index contributed by atoms with van der Waals surface area (Å²) in [6.45, 7) is 5.14. The molecule has 17 heavy (non-hydrogen) atoms. The first-order valence-electron chi connectivity index (χ1n) is 5.96. The summed E-state index contributed by atoms with van der Waals surface area (Å²) in [4.78, 5) is 4.36. The van der Waals surface area contributed by atoms with Gasteiger partial charge in [0.25, 0.3) is 0 Å². The van der Waals surface area contributed by atoms with E-state index in [1.165, 1.54) is 0 Å². The van der Waals surface area contributed by atoms with Crippen LogP contribution in [0.3, 0.4) is 0 Å². The molecule has 1 atom stereocenters. The maximum Gasteiger partial charge on any atom is 0.213 e. The summed E-state index contributed by atoms with van der Waals surface area (Å²) >= 11 is 5.79. The van der Waals surface area contributed by atoms with Gasteiger partial charge in [-0.3, -0.25) is 0 Å². The highest BCUT2D eigenvalue weighted by Gasteiger charge is 2.12. The predicted molar refractivity (Wildman–Crippen MR) is 71.6 cm³/mol. The summed E-state index contributed by atoms with van der Waals surface area (Å²) in [7, 11) is 1.63. The molecule has 1 unspecified atom stereocenters. The van der Waals surface area contributed by atoms with E-state index in [9.17, 15) is 0 Å². The Morgan fingerprint density at radius 2 is 2.18 bits per heavy atom. The normalized spacial score (nSPS) is 12.8. The van der Waals surface area contributed by atoms with E-state index < -0.39 is 0 Å². The number of aromatic nitrogens is 1. The molecule has 4 heteroatoms. The Hall–Kier alpha value is -0.800. The highest BCUT2D eigenvalue weighted by molar-refractivity contribution is 6.17. The molecule has 0 radical (unpaired) electrons. The number of alkyl halides is 1. The monoisotopic (exact) mass is 256 g/mol. The van der Waals surface area contributed by atoms with Crippen molar-refractivity contribution in [3.8, 4) is 5.88 Å². The fraction of sp³-hybridized carbons (Fsp3) is 0.615. The number of nitrogens with zero attached hydrogens (tertiary/aromatic N) is 1. The molecule has 0 aliphatic heterocycles. The second-order valence-corrected chi connectivity index (χ2v) is 4.76. The lowest BCUT2D eigenvalue weighted by molar-refractivity contribution is 0.379. The number of methoxy groups -OCH3 is 1. The van der Waals surface area contributed by atoms with Gasteiger partial charge in [-0.1, -0.05) is 19.9 Å². The van der Waals surface area contributed by atoms with Crippen LogP contribution in [0.5, 0.6) is 5.88 Å². The first-order valence-corrected chi connectivity index (χ1v) is 6.50. The van der Waals surface area contributed by atoms with Crippen LogP contribution in [0.15, 0.2) is 18.2 Å². The first kappa shape index (κ1) is 14.3. The average molecular weight is 257 g/mol. The summed E-state index contributed by atoms with van der Waals surface area (Å²) < 4.78 is 5.10. The molecule has 96 valence electrons. The quantitative estimate of drug-likeness (QED) is 0.762. The SMILES string of the molecule is COc1cccc(CNC(CCCl)C(C)C)n1. The van der Waals surface area contributed by atoms with E-state index >= 15 is 0 Å². The summed E-state index contributed by atoms with van der Waals surface area (Å²) in [5.41, 5.74) is 0.990. The van der Waals surface area contributed by atoms with Gasteiger partial charge in [-0.25, -0.2) is 4.98 Å². The summed E-state index contributed by atoms with van der Waals surface area (Å²) in [5, 5.41) is 3.49. The number of nitrogens with one attached hydrogen (secondary N) is 1. The maximum atomic E-state index is 5.79. The zero-order valence-corrected chi connectivity index (χ0v) is 11.5. The minimum absolute atomic E-state index is 0.431. The van der Waals surface area contributed by atoms with Gasteiger partial charge < -0.3 is 10.1 Å². The molecular weight excluding hydrogens is 236 g/mol. The van der Waals surface area contributed by atoms with Crippen molar-refractivity contribution in [2.45, 2.75) is 32.9 Å².